The first-order valence-corrected chi connectivity index (χ1v) is 30.0. The Morgan fingerprint density at radius 2 is 0.480 bits per heavy atom. The summed E-state index contributed by atoms with van der Waals surface area (Å²) in [6, 6.07) is 0. The van der Waals surface area contributed by atoms with Crippen LogP contribution in [0.15, 0.2) is 158 Å². The number of carbonyl (C=O) groups is 3. The molecule has 420 valence electrons. The van der Waals surface area contributed by atoms with Gasteiger partial charge in [-0.2, -0.15) is 0 Å². The maximum atomic E-state index is 12.9. The number of hydrogen-bond acceptors (Lipinski definition) is 6. The second-order valence-corrected chi connectivity index (χ2v) is 19.1. The average molecular weight is 1030 g/mol. The van der Waals surface area contributed by atoms with E-state index in [2.05, 4.69) is 179 Å². The number of unbranched alkanes of at least 4 members (excludes halogenated alkanes) is 15. The van der Waals surface area contributed by atoms with E-state index >= 15 is 0 Å². The predicted octanol–water partition coefficient (Wildman–Crippen LogP) is 20.5. The third kappa shape index (κ3) is 59.8. The Balaban J connectivity index is 4.46. The molecule has 0 heterocycles. The molecule has 6 heteroatoms. The SMILES string of the molecule is CC/C=C\C/C=C\C/C=C\C/C=C\C/C=C\C/C=C\CCCCCCCCC(=O)OCC(COC(=O)CCCCC/C=C\C/C=C\C/C=C\CC)OC(=O)CCCCCCCC/C=C\C/C=C\C/C=C\C/C=C\CC. The minimum atomic E-state index is -0.813. The molecule has 0 N–H and O–H groups in total. The zero-order valence-corrected chi connectivity index (χ0v) is 48.0. The van der Waals surface area contributed by atoms with Crippen LogP contribution < -0.4 is 0 Å². The highest BCUT2D eigenvalue weighted by Crippen LogP contribution is 2.13. The third-order valence-electron chi connectivity index (χ3n) is 12.0. The first-order valence-electron chi connectivity index (χ1n) is 30.0. The van der Waals surface area contributed by atoms with Gasteiger partial charge in [-0.3, -0.25) is 14.4 Å². The second kappa shape index (κ2) is 61.6. The number of rotatable bonds is 52. The number of ether oxygens (including phenoxy) is 3. The summed E-state index contributed by atoms with van der Waals surface area (Å²) < 4.78 is 16.8. The monoisotopic (exact) mass is 1030 g/mol. The average Bonchev–Trinajstić information content (AvgIpc) is 3.41. The van der Waals surface area contributed by atoms with Crippen LogP contribution in [0.2, 0.25) is 0 Å². The topological polar surface area (TPSA) is 78.9 Å². The van der Waals surface area contributed by atoms with E-state index in [9.17, 15) is 14.4 Å². The Morgan fingerprint density at radius 1 is 0.267 bits per heavy atom. The molecule has 0 aromatic carbocycles. The standard InChI is InChI=1S/C69H108O6/c1-4-7-10-13-16-19-22-25-27-29-31-32-33-34-35-36-38-39-41-44-47-50-53-56-59-62-68(71)74-65-66(64-73-67(70)61-58-55-52-49-46-43-24-21-18-15-12-9-6-3)75-69(72)63-60-57-54-51-48-45-42-40-37-30-28-26-23-20-17-14-11-8-5-2/h7-12,16-21,25-28,31-32,34-35,37-40,43,46,66H,4-6,13-15,22-24,29-30,33,36,41-42,44-45,47-65H2,1-3H3/b10-7-,11-8-,12-9-,19-16-,20-17-,21-18-,27-25-,28-26-,32-31-,35-34-,39-38-,40-37-,46-43-. The molecule has 0 bridgehead atoms. The molecule has 0 saturated heterocycles. The summed E-state index contributed by atoms with van der Waals surface area (Å²) in [5.74, 6) is -0.972. The van der Waals surface area contributed by atoms with Crippen molar-refractivity contribution in [3.05, 3.63) is 158 Å². The van der Waals surface area contributed by atoms with Crippen molar-refractivity contribution >= 4 is 17.9 Å². The third-order valence-corrected chi connectivity index (χ3v) is 12.0. The van der Waals surface area contributed by atoms with Gasteiger partial charge in [-0.15, -0.1) is 0 Å². The molecule has 0 amide bonds. The van der Waals surface area contributed by atoms with Gasteiger partial charge >= 0.3 is 17.9 Å². The van der Waals surface area contributed by atoms with Crippen LogP contribution in [0, 0.1) is 0 Å². The molecule has 0 aliphatic rings. The van der Waals surface area contributed by atoms with Crippen LogP contribution in [0.5, 0.6) is 0 Å². The van der Waals surface area contributed by atoms with Gasteiger partial charge in [0.1, 0.15) is 13.2 Å². The van der Waals surface area contributed by atoms with Gasteiger partial charge < -0.3 is 14.2 Å². The highest BCUT2D eigenvalue weighted by molar-refractivity contribution is 5.71. The Bertz CT molecular complexity index is 1710. The summed E-state index contributed by atoms with van der Waals surface area (Å²) in [5, 5.41) is 0. The van der Waals surface area contributed by atoms with Gasteiger partial charge in [-0.1, -0.05) is 237 Å². The molecular formula is C69H108O6. The van der Waals surface area contributed by atoms with E-state index in [0.717, 1.165) is 173 Å². The molecule has 75 heavy (non-hydrogen) atoms. The zero-order valence-electron chi connectivity index (χ0n) is 48.0. The highest BCUT2D eigenvalue weighted by Gasteiger charge is 2.19. The molecule has 0 aliphatic carbocycles. The largest absolute Gasteiger partial charge is 0.462 e. The second-order valence-electron chi connectivity index (χ2n) is 19.1. The number of hydrogen-bond donors (Lipinski definition) is 0. The Kier molecular flexibility index (Phi) is 57.5. The molecule has 0 spiro atoms. The summed E-state index contributed by atoms with van der Waals surface area (Å²) in [4.78, 5) is 38.2. The van der Waals surface area contributed by atoms with E-state index < -0.39 is 6.10 Å². The van der Waals surface area contributed by atoms with Crippen molar-refractivity contribution in [3.8, 4) is 0 Å². The zero-order chi connectivity index (χ0) is 54.3. The van der Waals surface area contributed by atoms with E-state index in [1.165, 1.54) is 25.7 Å². The summed E-state index contributed by atoms with van der Waals surface area (Å²) in [7, 11) is 0. The number of esters is 3. The van der Waals surface area contributed by atoms with E-state index in [-0.39, 0.29) is 31.1 Å². The van der Waals surface area contributed by atoms with Gasteiger partial charge in [-0.25, -0.2) is 0 Å². The quantitative estimate of drug-likeness (QED) is 0.0261. The van der Waals surface area contributed by atoms with Gasteiger partial charge in [0.2, 0.25) is 0 Å². The van der Waals surface area contributed by atoms with Gasteiger partial charge in [0, 0.05) is 19.3 Å². The number of allylic oxidation sites excluding steroid dienone is 26. The normalized spacial score (nSPS) is 13.3. The van der Waals surface area contributed by atoms with E-state index in [0.29, 0.717) is 19.3 Å². The molecule has 0 aliphatic heterocycles. The van der Waals surface area contributed by atoms with Crippen LogP contribution in [0.4, 0.5) is 0 Å². The molecule has 0 radical (unpaired) electrons. The Labute approximate surface area is 460 Å². The molecule has 0 fully saturated rings. The van der Waals surface area contributed by atoms with Crippen LogP contribution in [-0.4, -0.2) is 37.2 Å². The lowest BCUT2D eigenvalue weighted by Gasteiger charge is -2.18. The van der Waals surface area contributed by atoms with Crippen molar-refractivity contribution in [2.75, 3.05) is 13.2 Å². The van der Waals surface area contributed by atoms with Gasteiger partial charge in [0.25, 0.3) is 0 Å². The minimum Gasteiger partial charge on any atom is -0.462 e. The van der Waals surface area contributed by atoms with Crippen LogP contribution >= 0.6 is 0 Å². The van der Waals surface area contributed by atoms with Crippen molar-refractivity contribution in [3.63, 3.8) is 0 Å². The van der Waals surface area contributed by atoms with Gasteiger partial charge in [0.15, 0.2) is 6.10 Å². The van der Waals surface area contributed by atoms with Gasteiger partial charge in [-0.05, 0) is 141 Å². The maximum Gasteiger partial charge on any atom is 0.306 e. The van der Waals surface area contributed by atoms with Crippen molar-refractivity contribution < 1.29 is 28.6 Å². The van der Waals surface area contributed by atoms with E-state index in [4.69, 9.17) is 14.2 Å². The van der Waals surface area contributed by atoms with Crippen LogP contribution in [0.3, 0.4) is 0 Å². The van der Waals surface area contributed by atoms with Crippen molar-refractivity contribution in [1.29, 1.82) is 0 Å². The molecule has 0 aromatic heterocycles. The van der Waals surface area contributed by atoms with Crippen molar-refractivity contribution in [1.82, 2.24) is 0 Å². The molecule has 0 saturated carbocycles. The molecule has 1 unspecified atom stereocenters. The smallest absolute Gasteiger partial charge is 0.306 e. The Hall–Kier alpha value is -4.97. The fraction of sp³-hybridized carbons (Fsp3) is 0.580. The maximum absolute atomic E-state index is 12.9. The van der Waals surface area contributed by atoms with E-state index in [1.807, 2.05) is 0 Å². The van der Waals surface area contributed by atoms with Crippen molar-refractivity contribution in [2.45, 2.75) is 245 Å². The summed E-state index contributed by atoms with van der Waals surface area (Å²) in [6.07, 6.45) is 89.5. The van der Waals surface area contributed by atoms with Crippen LogP contribution in [-0.2, 0) is 28.6 Å². The lowest BCUT2D eigenvalue weighted by atomic mass is 10.1. The fourth-order valence-corrected chi connectivity index (χ4v) is 7.63. The summed E-state index contributed by atoms with van der Waals surface area (Å²) in [6.45, 7) is 6.24. The summed E-state index contributed by atoms with van der Waals surface area (Å²) in [5.41, 5.74) is 0. The molecule has 1 atom stereocenters. The van der Waals surface area contributed by atoms with Crippen LogP contribution in [0.25, 0.3) is 0 Å². The number of carbonyl (C=O) groups excluding carboxylic acids is 3. The Morgan fingerprint density at radius 3 is 0.760 bits per heavy atom. The van der Waals surface area contributed by atoms with Gasteiger partial charge in [0.05, 0.1) is 0 Å². The van der Waals surface area contributed by atoms with Crippen molar-refractivity contribution in [2.24, 2.45) is 0 Å². The first kappa shape index (κ1) is 70.0. The lowest BCUT2D eigenvalue weighted by molar-refractivity contribution is -0.167. The van der Waals surface area contributed by atoms with Crippen LogP contribution in [0.1, 0.15) is 239 Å². The van der Waals surface area contributed by atoms with E-state index in [1.54, 1.807) is 0 Å². The molecular weight excluding hydrogens is 925 g/mol. The highest BCUT2D eigenvalue weighted by atomic mass is 16.6. The molecule has 0 rings (SSSR count). The summed E-state index contributed by atoms with van der Waals surface area (Å²) >= 11 is 0. The predicted molar refractivity (Wildman–Crippen MR) is 325 cm³/mol. The molecule has 6 nitrogen and oxygen atoms in total. The first-order chi connectivity index (χ1) is 37.0. The molecule has 0 aromatic rings. The lowest BCUT2D eigenvalue weighted by Crippen LogP contribution is -2.30. The fourth-order valence-electron chi connectivity index (χ4n) is 7.63. The minimum absolute atomic E-state index is 0.108.